The van der Waals surface area contributed by atoms with Crippen LogP contribution in [0.15, 0.2) is 35.7 Å². The number of ketones is 1. The molecule has 4 saturated carbocycles. The predicted molar refractivity (Wildman–Crippen MR) is 168 cm³/mol. The first-order chi connectivity index (χ1) is 19.7. The maximum Gasteiger partial charge on any atom is 0.315 e. The molecule has 0 bridgehead atoms. The molecule has 42 heavy (non-hydrogen) atoms. The molecule has 5 nitrogen and oxygen atoms in total. The molecule has 0 spiro atoms. The van der Waals surface area contributed by atoms with Crippen molar-refractivity contribution in [2.24, 2.45) is 50.7 Å². The Labute approximate surface area is 254 Å². The van der Waals surface area contributed by atoms with Gasteiger partial charge in [0, 0.05) is 31.4 Å². The molecule has 8 atom stereocenters. The van der Waals surface area contributed by atoms with E-state index in [1.54, 1.807) is 11.8 Å². The molecular formula is C37H55N3O2. The minimum atomic E-state index is -0.0696. The van der Waals surface area contributed by atoms with Gasteiger partial charge in [0.1, 0.15) is 0 Å². The number of pyridine rings is 1. The highest BCUT2D eigenvalue weighted by Crippen LogP contribution is 2.76. The fraction of sp³-hybridized carbons (Fsp3) is 0.757. The molecule has 4 fully saturated rings. The zero-order chi connectivity index (χ0) is 30.3. The highest BCUT2D eigenvalue weighted by atomic mass is 16.2. The van der Waals surface area contributed by atoms with E-state index in [4.69, 9.17) is 0 Å². The number of hydrogen-bond donors (Lipinski definition) is 2. The molecule has 2 N–H and O–H groups in total. The molecule has 2 amide bonds. The fourth-order valence-electron chi connectivity index (χ4n) is 12.0. The molecule has 1 aromatic heterocycles. The average Bonchev–Trinajstić information content (AvgIpc) is 3.20. The number of aromatic nitrogens is 1. The largest absolute Gasteiger partial charge is 0.335 e. The van der Waals surface area contributed by atoms with Crippen molar-refractivity contribution in [3.8, 4) is 0 Å². The Balaban J connectivity index is 1.24. The molecule has 0 saturated heterocycles. The van der Waals surface area contributed by atoms with E-state index in [0.29, 0.717) is 36.0 Å². The van der Waals surface area contributed by atoms with Gasteiger partial charge in [0.25, 0.3) is 0 Å². The zero-order valence-corrected chi connectivity index (χ0v) is 27.5. The molecule has 0 aliphatic heterocycles. The highest BCUT2D eigenvalue weighted by molar-refractivity contribution is 6.00. The SMILES string of the molecule is CC(C)C1=C2[C@H]3CC[C@@H]4[C@@]5(C)CCC(NC(=O)NCc6cccnc6)C(C)(C)[C@@H]5CC[C@@]4(C)[C@]3(C)CC[C@@]2(C)CC1=O. The lowest BCUT2D eigenvalue weighted by molar-refractivity contribution is -0.215. The van der Waals surface area contributed by atoms with E-state index < -0.39 is 0 Å². The molecular weight excluding hydrogens is 518 g/mol. The van der Waals surface area contributed by atoms with Crippen molar-refractivity contribution in [3.05, 3.63) is 41.2 Å². The van der Waals surface area contributed by atoms with E-state index in [1.807, 2.05) is 18.3 Å². The minimum absolute atomic E-state index is 0.0219. The molecule has 5 heteroatoms. The van der Waals surface area contributed by atoms with Crippen molar-refractivity contribution >= 4 is 11.8 Å². The number of amides is 2. The standard InChI is InChI=1S/C37H55N3O2/c1-23(2)30-26(41)20-34(5)17-18-36(7)25(31(30)34)11-12-28-35(6)15-14-29(33(3,4)27(35)13-16-37(28,36)8)40-32(42)39-22-24-10-9-19-38-21-24/h9-10,19,21,23,25,27-29H,11-18,20,22H2,1-8H3,(H2,39,40,42)/t25-,27+,28-,29?,34+,35+,36-,37-/m1/s1. The molecule has 0 radical (unpaired) electrons. The van der Waals surface area contributed by atoms with Crippen LogP contribution in [0.3, 0.4) is 0 Å². The first-order valence-corrected chi connectivity index (χ1v) is 16.9. The number of allylic oxidation sites excluding steroid dienone is 2. The van der Waals surface area contributed by atoms with Gasteiger partial charge >= 0.3 is 6.03 Å². The third-order valence-corrected chi connectivity index (χ3v) is 14.3. The number of nitrogens with one attached hydrogen (secondary N) is 2. The lowest BCUT2D eigenvalue weighted by Crippen LogP contribution is -2.67. The molecule has 1 aromatic rings. The Hall–Kier alpha value is -2.17. The molecule has 1 unspecified atom stereocenters. The van der Waals surface area contributed by atoms with E-state index in [1.165, 1.54) is 44.1 Å². The number of carbonyl (C=O) groups is 2. The summed E-state index contributed by atoms with van der Waals surface area (Å²) in [6.07, 6.45) is 13.9. The number of nitrogens with zero attached hydrogens (tertiary/aromatic N) is 1. The summed E-state index contributed by atoms with van der Waals surface area (Å²) in [5.41, 5.74) is 4.65. The van der Waals surface area contributed by atoms with Crippen LogP contribution in [-0.2, 0) is 11.3 Å². The predicted octanol–water partition coefficient (Wildman–Crippen LogP) is 8.25. The number of carbonyl (C=O) groups excluding carboxylic acids is 2. The number of Topliss-reactive ketones (excluding diaryl/α,β-unsaturated/α-hetero) is 1. The quantitative estimate of drug-likeness (QED) is 0.381. The smallest absolute Gasteiger partial charge is 0.315 e. The van der Waals surface area contributed by atoms with E-state index in [-0.39, 0.29) is 39.1 Å². The normalized spacial score (nSPS) is 42.4. The summed E-state index contributed by atoms with van der Waals surface area (Å²) in [5, 5.41) is 6.47. The van der Waals surface area contributed by atoms with Gasteiger partial charge in [-0.3, -0.25) is 9.78 Å². The monoisotopic (exact) mass is 573 g/mol. The molecule has 6 rings (SSSR count). The van der Waals surface area contributed by atoms with Crippen LogP contribution in [0.4, 0.5) is 4.79 Å². The molecule has 1 heterocycles. The van der Waals surface area contributed by atoms with Crippen LogP contribution in [0.1, 0.15) is 119 Å². The third-order valence-electron chi connectivity index (χ3n) is 14.3. The fourth-order valence-corrected chi connectivity index (χ4v) is 12.0. The number of hydrogen-bond acceptors (Lipinski definition) is 3. The van der Waals surface area contributed by atoms with Gasteiger partial charge in [-0.2, -0.15) is 0 Å². The van der Waals surface area contributed by atoms with E-state index in [9.17, 15) is 9.59 Å². The molecule has 0 aromatic carbocycles. The van der Waals surface area contributed by atoms with Gasteiger partial charge in [0.05, 0.1) is 0 Å². The highest BCUT2D eigenvalue weighted by Gasteiger charge is 2.69. The number of rotatable bonds is 4. The Kier molecular flexibility index (Phi) is 7.06. The second-order valence-electron chi connectivity index (χ2n) is 16.9. The summed E-state index contributed by atoms with van der Waals surface area (Å²) >= 11 is 0. The summed E-state index contributed by atoms with van der Waals surface area (Å²) < 4.78 is 0. The summed E-state index contributed by atoms with van der Waals surface area (Å²) in [7, 11) is 0. The van der Waals surface area contributed by atoms with Crippen LogP contribution >= 0.6 is 0 Å². The van der Waals surface area contributed by atoms with Gasteiger partial charge in [0.2, 0.25) is 0 Å². The Morgan fingerprint density at radius 2 is 1.71 bits per heavy atom. The topological polar surface area (TPSA) is 71.1 Å². The first-order valence-electron chi connectivity index (χ1n) is 16.9. The maximum atomic E-state index is 13.4. The second-order valence-corrected chi connectivity index (χ2v) is 16.9. The van der Waals surface area contributed by atoms with Gasteiger partial charge in [-0.05, 0) is 119 Å². The van der Waals surface area contributed by atoms with Crippen molar-refractivity contribution in [1.82, 2.24) is 15.6 Å². The van der Waals surface area contributed by atoms with Crippen molar-refractivity contribution < 1.29 is 9.59 Å². The van der Waals surface area contributed by atoms with E-state index in [2.05, 4.69) is 71.0 Å². The maximum absolute atomic E-state index is 13.4. The van der Waals surface area contributed by atoms with E-state index in [0.717, 1.165) is 24.8 Å². The van der Waals surface area contributed by atoms with Gasteiger partial charge in [0.15, 0.2) is 5.78 Å². The van der Waals surface area contributed by atoms with Crippen LogP contribution in [-0.4, -0.2) is 22.8 Å². The van der Waals surface area contributed by atoms with Crippen LogP contribution in [0.5, 0.6) is 0 Å². The molecule has 230 valence electrons. The van der Waals surface area contributed by atoms with Crippen molar-refractivity contribution in [3.63, 3.8) is 0 Å². The summed E-state index contributed by atoms with van der Waals surface area (Å²) in [5.74, 6) is 2.55. The summed E-state index contributed by atoms with van der Waals surface area (Å²) in [6, 6.07) is 4.00. The van der Waals surface area contributed by atoms with Gasteiger partial charge in [-0.1, -0.05) is 67.0 Å². The molecule has 5 aliphatic rings. The second kappa shape index (κ2) is 9.92. The third kappa shape index (κ3) is 4.18. The van der Waals surface area contributed by atoms with Crippen molar-refractivity contribution in [1.29, 1.82) is 0 Å². The molecule has 5 aliphatic carbocycles. The van der Waals surface area contributed by atoms with Crippen molar-refractivity contribution in [2.75, 3.05) is 0 Å². The Morgan fingerprint density at radius 1 is 0.952 bits per heavy atom. The summed E-state index contributed by atoms with van der Waals surface area (Å²) in [4.78, 5) is 30.6. The van der Waals surface area contributed by atoms with Crippen molar-refractivity contribution in [2.45, 2.75) is 126 Å². The van der Waals surface area contributed by atoms with E-state index >= 15 is 0 Å². The minimum Gasteiger partial charge on any atom is -0.335 e. The van der Waals surface area contributed by atoms with Crippen LogP contribution < -0.4 is 10.6 Å². The summed E-state index contributed by atoms with van der Waals surface area (Å²) in [6.45, 7) is 20.1. The van der Waals surface area contributed by atoms with Gasteiger partial charge in [-0.25, -0.2) is 4.79 Å². The Morgan fingerprint density at radius 3 is 2.40 bits per heavy atom. The average molecular weight is 574 g/mol. The van der Waals surface area contributed by atoms with Crippen LogP contribution in [0.2, 0.25) is 0 Å². The zero-order valence-electron chi connectivity index (χ0n) is 27.5. The lowest BCUT2D eigenvalue weighted by Gasteiger charge is -2.72. The lowest BCUT2D eigenvalue weighted by atomic mass is 9.33. The van der Waals surface area contributed by atoms with Crippen LogP contribution in [0.25, 0.3) is 0 Å². The van der Waals surface area contributed by atoms with Gasteiger partial charge < -0.3 is 10.6 Å². The number of fused-ring (bicyclic) bond motifs is 7. The van der Waals surface area contributed by atoms with Gasteiger partial charge in [-0.15, -0.1) is 0 Å². The first kappa shape index (κ1) is 29.9. The number of urea groups is 1. The Bertz CT molecular complexity index is 1280. The van der Waals surface area contributed by atoms with Crippen LogP contribution in [0, 0.1) is 50.7 Å².